The second-order valence-corrected chi connectivity index (χ2v) is 5.72. The molecule has 0 aromatic heterocycles. The van der Waals surface area contributed by atoms with Gasteiger partial charge < -0.3 is 15.4 Å². The first-order valence-corrected chi connectivity index (χ1v) is 6.94. The van der Waals surface area contributed by atoms with Crippen molar-refractivity contribution in [2.45, 2.75) is 26.3 Å². The predicted octanol–water partition coefficient (Wildman–Crippen LogP) is 2.31. The number of benzene rings is 1. The molecule has 1 saturated heterocycles. The minimum atomic E-state index is -1.05. The molecule has 0 radical (unpaired) electrons. The van der Waals surface area contributed by atoms with Crippen molar-refractivity contribution in [3.63, 3.8) is 0 Å². The highest BCUT2D eigenvalue weighted by Crippen LogP contribution is 2.39. The lowest BCUT2D eigenvalue weighted by atomic mass is 9.93. The molecule has 0 bridgehead atoms. The van der Waals surface area contributed by atoms with Crippen LogP contribution in [0.3, 0.4) is 0 Å². The van der Waals surface area contributed by atoms with Gasteiger partial charge in [0, 0.05) is 6.54 Å². The number of anilines is 1. The second kappa shape index (κ2) is 5.87. The van der Waals surface area contributed by atoms with Gasteiger partial charge in [-0.05, 0) is 30.4 Å². The fourth-order valence-electron chi connectivity index (χ4n) is 2.83. The van der Waals surface area contributed by atoms with Crippen LogP contribution in [0, 0.1) is 23.5 Å². The number of hydrogen-bond acceptors (Lipinski definition) is 3. The molecule has 0 aliphatic carbocycles. The molecule has 1 aromatic rings. The Bertz CT molecular complexity index is 549. The third kappa shape index (κ3) is 2.80. The average Bonchev–Trinajstić information content (AvgIpc) is 2.87. The summed E-state index contributed by atoms with van der Waals surface area (Å²) in [4.78, 5) is 13.4. The quantitative estimate of drug-likeness (QED) is 0.928. The second-order valence-electron chi connectivity index (χ2n) is 5.72. The van der Waals surface area contributed by atoms with Gasteiger partial charge in [0.05, 0.1) is 12.8 Å². The minimum absolute atomic E-state index is 0.189. The minimum Gasteiger partial charge on any atom is -0.491 e. The zero-order valence-electron chi connectivity index (χ0n) is 12.4. The number of nitrogens with zero attached hydrogens (tertiary/aromatic N) is 1. The maximum atomic E-state index is 13.9. The Morgan fingerprint density at radius 1 is 1.43 bits per heavy atom. The maximum absolute atomic E-state index is 13.9. The van der Waals surface area contributed by atoms with E-state index < -0.39 is 23.6 Å². The molecule has 1 heterocycles. The van der Waals surface area contributed by atoms with E-state index in [0.717, 1.165) is 6.07 Å². The lowest BCUT2D eigenvalue weighted by Crippen LogP contribution is -2.40. The van der Waals surface area contributed by atoms with Crippen molar-refractivity contribution in [2.24, 2.45) is 17.6 Å². The Balaban J connectivity index is 2.44. The number of ether oxygens (including phenoxy) is 1. The topological polar surface area (TPSA) is 55.6 Å². The molecule has 6 heteroatoms. The van der Waals surface area contributed by atoms with E-state index in [4.69, 9.17) is 10.5 Å². The monoisotopic (exact) mass is 298 g/mol. The van der Waals surface area contributed by atoms with E-state index in [-0.39, 0.29) is 11.7 Å². The van der Waals surface area contributed by atoms with Gasteiger partial charge in [-0.25, -0.2) is 4.39 Å². The Morgan fingerprint density at radius 2 is 2.10 bits per heavy atom. The molecule has 1 fully saturated rings. The molecule has 1 amide bonds. The molecule has 0 saturated carbocycles. The Morgan fingerprint density at radius 3 is 2.62 bits per heavy atom. The fraction of sp³-hybridized carbons (Fsp3) is 0.533. The van der Waals surface area contributed by atoms with E-state index in [0.29, 0.717) is 24.6 Å². The van der Waals surface area contributed by atoms with Gasteiger partial charge in [-0.15, -0.1) is 0 Å². The molecule has 2 N–H and O–H groups in total. The number of amides is 1. The van der Waals surface area contributed by atoms with Gasteiger partial charge in [-0.2, -0.15) is 4.39 Å². The van der Waals surface area contributed by atoms with E-state index in [1.807, 2.05) is 0 Å². The summed E-state index contributed by atoms with van der Waals surface area (Å²) in [5, 5.41) is 0. The van der Waals surface area contributed by atoms with E-state index in [1.165, 1.54) is 13.2 Å². The van der Waals surface area contributed by atoms with Crippen molar-refractivity contribution in [3.05, 3.63) is 23.8 Å². The standard InChI is InChI=1S/C15H20F2N2O2/c1-8(2)9-6-12(15(18)20)19(7-9)11-5-4-10(16)13(17)14(11)21-3/h4-5,8-9,12H,6-7H2,1-3H3,(H2,18,20). The van der Waals surface area contributed by atoms with Crippen LogP contribution < -0.4 is 15.4 Å². The number of carbonyl (C=O) groups is 1. The number of carbonyl (C=O) groups excluding carboxylic acids is 1. The van der Waals surface area contributed by atoms with Crippen molar-refractivity contribution in [2.75, 3.05) is 18.6 Å². The number of halogens is 2. The van der Waals surface area contributed by atoms with Crippen LogP contribution in [0.4, 0.5) is 14.5 Å². The number of rotatable bonds is 4. The van der Waals surface area contributed by atoms with Crippen molar-refractivity contribution >= 4 is 11.6 Å². The van der Waals surface area contributed by atoms with Crippen LogP contribution in [0.2, 0.25) is 0 Å². The normalized spacial score (nSPS) is 21.9. The molecule has 1 aliphatic rings. The van der Waals surface area contributed by atoms with Crippen molar-refractivity contribution in [1.82, 2.24) is 0 Å². The van der Waals surface area contributed by atoms with E-state index in [1.54, 1.807) is 4.90 Å². The van der Waals surface area contributed by atoms with Gasteiger partial charge in [0.1, 0.15) is 6.04 Å². The molecule has 2 unspecified atom stereocenters. The van der Waals surface area contributed by atoms with Gasteiger partial charge >= 0.3 is 0 Å². The highest BCUT2D eigenvalue weighted by atomic mass is 19.2. The number of methoxy groups -OCH3 is 1. The average molecular weight is 298 g/mol. The highest BCUT2D eigenvalue weighted by molar-refractivity contribution is 5.85. The van der Waals surface area contributed by atoms with E-state index in [2.05, 4.69) is 13.8 Å². The van der Waals surface area contributed by atoms with Gasteiger partial charge in [-0.1, -0.05) is 13.8 Å². The SMILES string of the molecule is COc1c(N2CC(C(C)C)CC2C(N)=O)ccc(F)c1F. The summed E-state index contributed by atoms with van der Waals surface area (Å²) in [5.74, 6) is -2.05. The van der Waals surface area contributed by atoms with Gasteiger partial charge in [0.2, 0.25) is 11.7 Å². The first kappa shape index (κ1) is 15.5. The molecule has 0 spiro atoms. The molecule has 116 valence electrons. The van der Waals surface area contributed by atoms with Crippen molar-refractivity contribution in [1.29, 1.82) is 0 Å². The van der Waals surface area contributed by atoms with Crippen LogP contribution in [0.1, 0.15) is 20.3 Å². The summed E-state index contributed by atoms with van der Waals surface area (Å²) < 4.78 is 32.2. The molecule has 1 aromatic carbocycles. The van der Waals surface area contributed by atoms with Gasteiger partial charge in [0.15, 0.2) is 11.6 Å². The lowest BCUT2D eigenvalue weighted by molar-refractivity contribution is -0.119. The smallest absolute Gasteiger partial charge is 0.240 e. The summed E-state index contributed by atoms with van der Waals surface area (Å²) in [7, 11) is 1.27. The molecule has 2 atom stereocenters. The molecular formula is C15H20F2N2O2. The van der Waals surface area contributed by atoms with Crippen LogP contribution in [-0.2, 0) is 4.79 Å². The molecule has 1 aliphatic heterocycles. The third-order valence-corrected chi connectivity index (χ3v) is 4.15. The zero-order valence-corrected chi connectivity index (χ0v) is 12.4. The predicted molar refractivity (Wildman–Crippen MR) is 76.2 cm³/mol. The number of hydrogen-bond donors (Lipinski definition) is 1. The summed E-state index contributed by atoms with van der Waals surface area (Å²) in [6, 6.07) is 1.93. The van der Waals surface area contributed by atoms with Crippen LogP contribution >= 0.6 is 0 Å². The van der Waals surface area contributed by atoms with E-state index in [9.17, 15) is 13.6 Å². The fourth-order valence-corrected chi connectivity index (χ4v) is 2.83. The van der Waals surface area contributed by atoms with Crippen LogP contribution in [0.15, 0.2) is 12.1 Å². The Kier molecular flexibility index (Phi) is 4.34. The molecular weight excluding hydrogens is 278 g/mol. The van der Waals surface area contributed by atoms with Crippen LogP contribution in [0.25, 0.3) is 0 Å². The largest absolute Gasteiger partial charge is 0.491 e. The molecule has 21 heavy (non-hydrogen) atoms. The summed E-state index contributed by atoms with van der Waals surface area (Å²) in [6.45, 7) is 4.69. The van der Waals surface area contributed by atoms with Crippen LogP contribution in [0.5, 0.6) is 5.75 Å². The van der Waals surface area contributed by atoms with Crippen LogP contribution in [-0.4, -0.2) is 25.6 Å². The summed E-state index contributed by atoms with van der Waals surface area (Å²) >= 11 is 0. The van der Waals surface area contributed by atoms with E-state index >= 15 is 0 Å². The van der Waals surface area contributed by atoms with Gasteiger partial charge in [-0.3, -0.25) is 4.79 Å². The maximum Gasteiger partial charge on any atom is 0.240 e. The lowest BCUT2D eigenvalue weighted by Gasteiger charge is -2.26. The van der Waals surface area contributed by atoms with Crippen molar-refractivity contribution in [3.8, 4) is 5.75 Å². The zero-order chi connectivity index (χ0) is 15.7. The number of nitrogens with two attached hydrogens (primary N) is 1. The van der Waals surface area contributed by atoms with Crippen molar-refractivity contribution < 1.29 is 18.3 Å². The first-order valence-electron chi connectivity index (χ1n) is 6.94. The van der Waals surface area contributed by atoms with Gasteiger partial charge in [0.25, 0.3) is 0 Å². The third-order valence-electron chi connectivity index (χ3n) is 4.15. The summed E-state index contributed by atoms with van der Waals surface area (Å²) in [5.41, 5.74) is 5.82. The first-order chi connectivity index (χ1) is 9.86. The highest BCUT2D eigenvalue weighted by Gasteiger charge is 2.38. The summed E-state index contributed by atoms with van der Waals surface area (Å²) in [6.07, 6.45) is 0.606. The molecule has 2 rings (SSSR count). The molecule has 4 nitrogen and oxygen atoms in total. The Labute approximate surface area is 122 Å². The Hall–Kier alpha value is -1.85. The number of primary amides is 1.